The lowest BCUT2D eigenvalue weighted by molar-refractivity contribution is -0.138. The largest absolute Gasteiger partial charge is 0.391 e. The molecule has 0 aliphatic carbocycles. The summed E-state index contributed by atoms with van der Waals surface area (Å²) in [7, 11) is 2.87. The summed E-state index contributed by atoms with van der Waals surface area (Å²) in [4.78, 5) is 54.3. The average Bonchev–Trinajstić information content (AvgIpc) is 3.74. The number of hydrogen-bond acceptors (Lipinski definition) is 7. The van der Waals surface area contributed by atoms with Crippen molar-refractivity contribution in [1.29, 1.82) is 0 Å². The minimum Gasteiger partial charge on any atom is -0.391 e. The molecule has 0 radical (unpaired) electrons. The van der Waals surface area contributed by atoms with Gasteiger partial charge in [0.2, 0.25) is 5.91 Å². The number of aliphatic imine (C=N–C) groups is 1. The van der Waals surface area contributed by atoms with Gasteiger partial charge in [-0.3, -0.25) is 14.4 Å². The molecule has 0 saturated carbocycles. The molecule has 220 valence electrons. The summed E-state index contributed by atoms with van der Waals surface area (Å²) in [5.41, 5.74) is 6.09. The second-order valence-electron chi connectivity index (χ2n) is 12.3. The molecule has 3 aliphatic heterocycles. The molecular weight excluding hydrogens is 560 g/mol. The van der Waals surface area contributed by atoms with Crippen molar-refractivity contribution in [1.82, 2.24) is 20.1 Å². The fraction of sp³-hybridized carbons (Fsp3) is 0.387. The highest BCUT2D eigenvalue weighted by molar-refractivity contribution is 7.13. The number of likely N-dealkylation sites (tertiary alicyclic amines) is 1. The van der Waals surface area contributed by atoms with Crippen LogP contribution in [0.2, 0.25) is 0 Å². The number of thiazole rings is 1. The van der Waals surface area contributed by atoms with Crippen molar-refractivity contribution in [2.45, 2.75) is 64.4 Å². The van der Waals surface area contributed by atoms with Gasteiger partial charge in [0.05, 0.1) is 36.0 Å². The smallest absolute Gasteiger partial charge is 0.277 e. The van der Waals surface area contributed by atoms with E-state index in [-0.39, 0.29) is 36.6 Å². The van der Waals surface area contributed by atoms with Gasteiger partial charge in [-0.25, -0.2) is 4.98 Å². The summed E-state index contributed by atoms with van der Waals surface area (Å²) in [6, 6.07) is 12.4. The molecule has 9 nitrogen and oxygen atoms in total. The maximum absolute atomic E-state index is 14.2. The number of aryl methyl sites for hydroxylation is 1. The van der Waals surface area contributed by atoms with Crippen LogP contribution in [-0.4, -0.2) is 83.1 Å². The molecule has 1 aromatic heterocycles. The van der Waals surface area contributed by atoms with Gasteiger partial charge in [0.25, 0.3) is 11.8 Å². The van der Waals surface area contributed by atoms with E-state index < -0.39 is 23.7 Å². The Balaban J connectivity index is 1.24. The van der Waals surface area contributed by atoms with E-state index in [1.165, 1.54) is 0 Å². The van der Waals surface area contributed by atoms with Crippen LogP contribution >= 0.6 is 11.3 Å². The molecule has 4 unspecified atom stereocenters. The fourth-order valence-corrected chi connectivity index (χ4v) is 7.34. The highest BCUT2D eigenvalue weighted by Gasteiger charge is 2.49. The number of fused-ring (bicyclic) bond motifs is 1. The minimum atomic E-state index is -1.11. The molecule has 3 amide bonds. The number of carbonyl (C=O) groups excluding carboxylic acids is 3. The summed E-state index contributed by atoms with van der Waals surface area (Å²) in [6.45, 7) is 8.09. The Morgan fingerprint density at radius 2 is 1.95 bits per heavy atom. The topological polar surface area (TPSA) is 115 Å². The van der Waals surface area contributed by atoms with Gasteiger partial charge in [0.15, 0.2) is 0 Å². The zero-order chi connectivity index (χ0) is 30.6. The molecule has 6 rings (SSSR count). The lowest BCUT2D eigenvalue weighted by Crippen LogP contribution is -2.56. The standard InChI is InChI=1S/C31H35B2N5O4S/c1-16(2)25(38-13-19-7-10-21(33-32)11-23(19)28(38)40)29(41)37-14-22(39)12-24(37)27-35-30(42)31(4,36-27)20-8-5-18(6-9-20)26-17(3)34-15-43-26/h5-11,15-16,22,24-25,33,39H,12-14,32H2,1-4H3,(H,35,36,42). The van der Waals surface area contributed by atoms with Crippen LogP contribution in [0.1, 0.15) is 54.4 Å². The van der Waals surface area contributed by atoms with Crippen molar-refractivity contribution in [3.05, 3.63) is 70.4 Å². The van der Waals surface area contributed by atoms with Crippen molar-refractivity contribution in [2.24, 2.45) is 10.9 Å². The summed E-state index contributed by atoms with van der Waals surface area (Å²) >= 11 is 1.57. The third-order valence-electron chi connectivity index (χ3n) is 9.01. The second kappa shape index (κ2) is 11.1. The Kier molecular flexibility index (Phi) is 7.54. The first-order chi connectivity index (χ1) is 20.5. The van der Waals surface area contributed by atoms with Gasteiger partial charge in [-0.05, 0) is 36.5 Å². The van der Waals surface area contributed by atoms with Gasteiger partial charge in [-0.15, -0.1) is 11.3 Å². The van der Waals surface area contributed by atoms with Gasteiger partial charge in [-0.2, -0.15) is 4.99 Å². The number of aliphatic hydroxyl groups is 1. The van der Waals surface area contributed by atoms with E-state index in [1.807, 2.05) is 76.5 Å². The van der Waals surface area contributed by atoms with E-state index in [0.717, 1.165) is 39.9 Å². The third-order valence-corrected chi connectivity index (χ3v) is 9.99. The van der Waals surface area contributed by atoms with Crippen molar-refractivity contribution < 1.29 is 19.5 Å². The molecule has 4 atom stereocenters. The first-order valence-corrected chi connectivity index (χ1v) is 15.7. The Bertz CT molecular complexity index is 1640. The number of rotatable bonds is 7. The predicted molar refractivity (Wildman–Crippen MR) is 172 cm³/mol. The number of amidine groups is 1. The molecule has 4 heterocycles. The van der Waals surface area contributed by atoms with Crippen LogP contribution in [0.5, 0.6) is 0 Å². The van der Waals surface area contributed by atoms with Crippen molar-refractivity contribution >= 4 is 55.3 Å². The Hall–Kier alpha value is -3.76. The summed E-state index contributed by atoms with van der Waals surface area (Å²) in [5.74, 6) is -0.546. The highest BCUT2D eigenvalue weighted by Crippen LogP contribution is 2.34. The molecular formula is C31H35B2N5O4S. The van der Waals surface area contributed by atoms with E-state index in [0.29, 0.717) is 17.9 Å². The van der Waals surface area contributed by atoms with E-state index in [9.17, 15) is 19.5 Å². The molecule has 1 fully saturated rings. The Labute approximate surface area is 257 Å². The van der Waals surface area contributed by atoms with Gasteiger partial charge in [0.1, 0.15) is 24.6 Å². The van der Waals surface area contributed by atoms with Crippen LogP contribution in [0.3, 0.4) is 0 Å². The van der Waals surface area contributed by atoms with E-state index >= 15 is 0 Å². The zero-order valence-corrected chi connectivity index (χ0v) is 25.9. The molecule has 2 aromatic carbocycles. The summed E-state index contributed by atoms with van der Waals surface area (Å²) in [5, 5.41) is 14.1. The average molecular weight is 595 g/mol. The minimum absolute atomic E-state index is 0.107. The predicted octanol–water partition coefficient (Wildman–Crippen LogP) is 1.11. The number of β-amino-alcohol motifs (C(OH)–C–C–N with tert-alkyl or cyclic N) is 1. The maximum atomic E-state index is 14.2. The normalized spacial score (nSPS) is 23.9. The lowest BCUT2D eigenvalue weighted by atomic mass is 9.51. The van der Waals surface area contributed by atoms with Crippen LogP contribution < -0.4 is 10.8 Å². The highest BCUT2D eigenvalue weighted by atomic mass is 32.1. The number of nitrogens with zero attached hydrogens (tertiary/aromatic N) is 4. The van der Waals surface area contributed by atoms with E-state index in [2.05, 4.69) is 15.3 Å². The van der Waals surface area contributed by atoms with Gasteiger partial charge >= 0.3 is 0 Å². The van der Waals surface area contributed by atoms with Crippen LogP contribution in [-0.2, 0) is 21.7 Å². The molecule has 3 aromatic rings. The molecule has 0 bridgehead atoms. The van der Waals surface area contributed by atoms with E-state index in [4.69, 9.17) is 0 Å². The number of aliphatic hydroxyl groups excluding tert-OH is 1. The quantitative estimate of drug-likeness (QED) is 0.396. The van der Waals surface area contributed by atoms with Gasteiger partial charge in [0, 0.05) is 25.1 Å². The van der Waals surface area contributed by atoms with Crippen LogP contribution in [0.25, 0.3) is 10.4 Å². The number of hydrogen-bond donors (Lipinski definition) is 2. The molecule has 2 N–H and O–H groups in total. The monoisotopic (exact) mass is 595 g/mol. The third kappa shape index (κ3) is 5.00. The van der Waals surface area contributed by atoms with Crippen molar-refractivity contribution in [3.8, 4) is 10.4 Å². The second-order valence-corrected chi connectivity index (χ2v) is 13.1. The number of aromatic nitrogens is 1. The number of amides is 3. The first-order valence-electron chi connectivity index (χ1n) is 14.8. The van der Waals surface area contributed by atoms with Gasteiger partial charge in [-0.1, -0.05) is 61.8 Å². The first kappa shape index (κ1) is 29.3. The lowest BCUT2D eigenvalue weighted by Gasteiger charge is -2.36. The molecule has 43 heavy (non-hydrogen) atoms. The fourth-order valence-electron chi connectivity index (χ4n) is 6.53. The Morgan fingerprint density at radius 3 is 2.60 bits per heavy atom. The van der Waals surface area contributed by atoms with Crippen LogP contribution in [0.15, 0.2) is 53.0 Å². The molecule has 0 spiro atoms. The van der Waals surface area contributed by atoms with Crippen molar-refractivity contribution in [2.75, 3.05) is 6.54 Å². The molecule has 3 aliphatic rings. The maximum Gasteiger partial charge on any atom is 0.277 e. The van der Waals surface area contributed by atoms with E-state index in [1.54, 1.807) is 28.1 Å². The SMILES string of the molecule is BBc1ccc2c(c1)C(=O)N(C(C(=O)N1CC(O)CC1C1=NC(=O)C(C)(c3ccc(-c4scnc4C)cc3)N1)C(C)C)C2. The van der Waals surface area contributed by atoms with Gasteiger partial charge < -0.3 is 20.2 Å². The van der Waals surface area contributed by atoms with Crippen LogP contribution in [0, 0.1) is 12.8 Å². The van der Waals surface area contributed by atoms with Crippen LogP contribution in [0.4, 0.5) is 0 Å². The number of nitrogens with one attached hydrogen (secondary N) is 1. The Morgan fingerprint density at radius 1 is 1.21 bits per heavy atom. The van der Waals surface area contributed by atoms with Crippen molar-refractivity contribution in [3.63, 3.8) is 0 Å². The molecule has 12 heteroatoms. The number of benzene rings is 2. The zero-order valence-electron chi connectivity index (χ0n) is 25.1. The molecule has 1 saturated heterocycles. The number of carbonyl (C=O) groups is 3. The summed E-state index contributed by atoms with van der Waals surface area (Å²) in [6.07, 6.45) is -0.516. The summed E-state index contributed by atoms with van der Waals surface area (Å²) < 4.78 is 0.